The van der Waals surface area contributed by atoms with Crippen molar-refractivity contribution in [1.82, 2.24) is 0 Å². The van der Waals surface area contributed by atoms with E-state index >= 15 is 0 Å². The van der Waals surface area contributed by atoms with Gasteiger partial charge in [-0.2, -0.15) is 0 Å². The molecule has 0 amide bonds. The molecule has 0 bridgehead atoms. The number of esters is 1. The Morgan fingerprint density at radius 2 is 1.94 bits per heavy atom. The van der Waals surface area contributed by atoms with Crippen molar-refractivity contribution in [3.63, 3.8) is 0 Å². The molecule has 2 nitrogen and oxygen atoms in total. The number of thiophene rings is 1. The number of halogens is 1. The minimum Gasteiger partial charge on any atom is -0.465 e. The molecule has 88 valence electrons. The molecule has 2 aromatic rings. The Bertz CT molecular complexity index is 520. The highest BCUT2D eigenvalue weighted by Crippen LogP contribution is 2.34. The van der Waals surface area contributed by atoms with E-state index in [1.807, 2.05) is 30.3 Å². The highest BCUT2D eigenvalue weighted by molar-refractivity contribution is 8.01. The monoisotopic (exact) mass is 284 g/mol. The molecule has 0 saturated carbocycles. The predicted octanol–water partition coefficient (Wildman–Crippen LogP) is 4.34. The van der Waals surface area contributed by atoms with E-state index < -0.39 is 0 Å². The van der Waals surface area contributed by atoms with E-state index in [1.165, 1.54) is 18.4 Å². The zero-order chi connectivity index (χ0) is 12.3. The van der Waals surface area contributed by atoms with E-state index in [9.17, 15) is 4.79 Å². The van der Waals surface area contributed by atoms with Crippen molar-refractivity contribution in [3.8, 4) is 0 Å². The van der Waals surface area contributed by atoms with Crippen LogP contribution >= 0.6 is 34.7 Å². The third-order valence-corrected chi connectivity index (χ3v) is 4.46. The molecule has 0 unspecified atom stereocenters. The van der Waals surface area contributed by atoms with Crippen molar-refractivity contribution < 1.29 is 9.53 Å². The third kappa shape index (κ3) is 3.25. The fourth-order valence-corrected chi connectivity index (χ4v) is 3.35. The molecule has 5 heteroatoms. The Morgan fingerprint density at radius 3 is 2.59 bits per heavy atom. The van der Waals surface area contributed by atoms with Crippen molar-refractivity contribution in [2.75, 3.05) is 7.11 Å². The van der Waals surface area contributed by atoms with E-state index in [0.29, 0.717) is 4.88 Å². The minimum absolute atomic E-state index is 0.294. The van der Waals surface area contributed by atoms with Gasteiger partial charge in [0, 0.05) is 9.92 Å². The van der Waals surface area contributed by atoms with Gasteiger partial charge >= 0.3 is 5.97 Å². The van der Waals surface area contributed by atoms with Crippen LogP contribution in [0.3, 0.4) is 0 Å². The Hall–Kier alpha value is -0.970. The van der Waals surface area contributed by atoms with Crippen LogP contribution < -0.4 is 0 Å². The minimum atomic E-state index is -0.294. The maximum atomic E-state index is 11.3. The summed E-state index contributed by atoms with van der Waals surface area (Å²) in [7, 11) is 1.38. The molecule has 2 rings (SSSR count). The summed E-state index contributed by atoms with van der Waals surface area (Å²) in [6.45, 7) is 0. The van der Waals surface area contributed by atoms with Crippen LogP contribution in [0.25, 0.3) is 0 Å². The van der Waals surface area contributed by atoms with Gasteiger partial charge in [0.25, 0.3) is 0 Å². The lowest BCUT2D eigenvalue weighted by molar-refractivity contribution is 0.0606. The first kappa shape index (κ1) is 12.5. The molecule has 0 radical (unpaired) electrons. The van der Waals surface area contributed by atoms with E-state index in [4.69, 9.17) is 11.6 Å². The Balaban J connectivity index is 2.11. The van der Waals surface area contributed by atoms with Crippen molar-refractivity contribution in [3.05, 3.63) is 46.3 Å². The first-order chi connectivity index (χ1) is 8.19. The molecule has 17 heavy (non-hydrogen) atoms. The SMILES string of the molecule is COC(=O)c1ccc(Sc2ccc(Cl)cc2)s1. The molecule has 0 saturated heterocycles. The fraction of sp³-hybridized carbons (Fsp3) is 0.0833. The summed E-state index contributed by atoms with van der Waals surface area (Å²) < 4.78 is 5.71. The number of methoxy groups -OCH3 is 1. The normalized spacial score (nSPS) is 10.2. The summed E-state index contributed by atoms with van der Waals surface area (Å²) in [5, 5.41) is 0.718. The average molecular weight is 285 g/mol. The maximum absolute atomic E-state index is 11.3. The topological polar surface area (TPSA) is 26.3 Å². The fourth-order valence-electron chi connectivity index (χ4n) is 1.20. The summed E-state index contributed by atoms with van der Waals surface area (Å²) in [6.07, 6.45) is 0. The molecular weight excluding hydrogens is 276 g/mol. The molecular formula is C12H9ClO2S2. The maximum Gasteiger partial charge on any atom is 0.348 e. The van der Waals surface area contributed by atoms with Gasteiger partial charge in [0.2, 0.25) is 0 Å². The molecule has 1 aromatic heterocycles. The molecule has 0 aliphatic carbocycles. The number of carbonyl (C=O) groups excluding carboxylic acids is 1. The lowest BCUT2D eigenvalue weighted by Gasteiger charge is -1.98. The average Bonchev–Trinajstić information content (AvgIpc) is 2.80. The second-order valence-electron chi connectivity index (χ2n) is 3.17. The Kier molecular flexibility index (Phi) is 4.10. The van der Waals surface area contributed by atoms with Crippen molar-refractivity contribution in [2.24, 2.45) is 0 Å². The van der Waals surface area contributed by atoms with Crippen molar-refractivity contribution in [2.45, 2.75) is 9.10 Å². The van der Waals surface area contributed by atoms with Crippen LogP contribution in [-0.4, -0.2) is 13.1 Å². The van der Waals surface area contributed by atoms with Crippen LogP contribution in [0.15, 0.2) is 45.5 Å². The van der Waals surface area contributed by atoms with Gasteiger partial charge in [0.05, 0.1) is 11.3 Å². The summed E-state index contributed by atoms with van der Waals surface area (Å²) in [5.74, 6) is -0.294. The van der Waals surface area contributed by atoms with Gasteiger partial charge in [-0.15, -0.1) is 11.3 Å². The molecule has 0 N–H and O–H groups in total. The molecule has 1 heterocycles. The number of rotatable bonds is 3. The molecule has 0 atom stereocenters. The van der Waals surface area contributed by atoms with Gasteiger partial charge in [-0.05, 0) is 36.4 Å². The summed E-state index contributed by atoms with van der Waals surface area (Å²) in [4.78, 5) is 13.0. The van der Waals surface area contributed by atoms with E-state index in [2.05, 4.69) is 4.74 Å². The number of hydrogen-bond acceptors (Lipinski definition) is 4. The molecule has 0 spiro atoms. The van der Waals surface area contributed by atoms with Crippen LogP contribution in [0.1, 0.15) is 9.67 Å². The van der Waals surface area contributed by atoms with Crippen LogP contribution in [0, 0.1) is 0 Å². The van der Waals surface area contributed by atoms with Gasteiger partial charge < -0.3 is 4.74 Å². The van der Waals surface area contributed by atoms with Gasteiger partial charge in [-0.25, -0.2) is 4.79 Å². The van der Waals surface area contributed by atoms with Gasteiger partial charge in [0.1, 0.15) is 4.88 Å². The zero-order valence-corrected chi connectivity index (χ0v) is 11.4. The lowest BCUT2D eigenvalue weighted by Crippen LogP contribution is -1.96. The molecule has 0 aliphatic rings. The summed E-state index contributed by atoms with van der Waals surface area (Å²) in [6, 6.07) is 11.3. The number of hydrogen-bond donors (Lipinski definition) is 0. The molecule has 0 aliphatic heterocycles. The Labute approximate surface area is 113 Å². The standard InChI is InChI=1S/C12H9ClO2S2/c1-15-12(14)10-6-7-11(17-10)16-9-4-2-8(13)3-5-9/h2-7H,1H3. The highest BCUT2D eigenvalue weighted by atomic mass is 35.5. The van der Waals surface area contributed by atoms with Gasteiger partial charge in [0.15, 0.2) is 0 Å². The predicted molar refractivity (Wildman–Crippen MR) is 71.2 cm³/mol. The van der Waals surface area contributed by atoms with Crippen molar-refractivity contribution >= 4 is 40.7 Å². The van der Waals surface area contributed by atoms with Gasteiger partial charge in [-0.1, -0.05) is 23.4 Å². The largest absolute Gasteiger partial charge is 0.465 e. The summed E-state index contributed by atoms with van der Waals surface area (Å²) in [5.41, 5.74) is 0. The number of ether oxygens (including phenoxy) is 1. The van der Waals surface area contributed by atoms with Crippen LogP contribution in [-0.2, 0) is 4.74 Å². The van der Waals surface area contributed by atoms with Crippen LogP contribution in [0.5, 0.6) is 0 Å². The first-order valence-corrected chi connectivity index (χ1v) is 6.81. The molecule has 0 fully saturated rings. The van der Waals surface area contributed by atoms with Crippen molar-refractivity contribution in [1.29, 1.82) is 0 Å². The zero-order valence-electron chi connectivity index (χ0n) is 8.98. The van der Waals surface area contributed by atoms with Crippen LogP contribution in [0.2, 0.25) is 5.02 Å². The van der Waals surface area contributed by atoms with E-state index in [0.717, 1.165) is 14.1 Å². The highest BCUT2D eigenvalue weighted by Gasteiger charge is 2.09. The number of carbonyl (C=O) groups is 1. The lowest BCUT2D eigenvalue weighted by atomic mass is 10.4. The Morgan fingerprint density at radius 1 is 1.24 bits per heavy atom. The summed E-state index contributed by atoms with van der Waals surface area (Å²) >= 11 is 8.83. The number of benzene rings is 1. The quantitative estimate of drug-likeness (QED) is 0.784. The van der Waals surface area contributed by atoms with Gasteiger partial charge in [-0.3, -0.25) is 0 Å². The van der Waals surface area contributed by atoms with E-state index in [-0.39, 0.29) is 5.97 Å². The molecule has 1 aromatic carbocycles. The third-order valence-electron chi connectivity index (χ3n) is 2.00. The van der Waals surface area contributed by atoms with Crippen LogP contribution in [0.4, 0.5) is 0 Å². The smallest absolute Gasteiger partial charge is 0.348 e. The first-order valence-electron chi connectivity index (χ1n) is 4.80. The second-order valence-corrected chi connectivity index (χ2v) is 6.06. The van der Waals surface area contributed by atoms with E-state index in [1.54, 1.807) is 17.8 Å². The second kappa shape index (κ2) is 5.58.